The van der Waals surface area contributed by atoms with Gasteiger partial charge in [0.05, 0.1) is 0 Å². The molecule has 136 valence electrons. The van der Waals surface area contributed by atoms with Crippen LogP contribution in [0.2, 0.25) is 0 Å². The molecule has 1 aromatic heterocycles. The Balaban J connectivity index is 1.55. The predicted molar refractivity (Wildman–Crippen MR) is 94.4 cm³/mol. The van der Waals surface area contributed by atoms with Crippen LogP contribution in [0.15, 0.2) is 30.5 Å². The molecule has 0 radical (unpaired) electrons. The SMILES string of the molecule is Cc1cnsc1NC(=O)C(=O)N1CCN(C(=O)c2ccc(F)cc2)CC1. The zero-order valence-electron chi connectivity index (χ0n) is 14.1. The van der Waals surface area contributed by atoms with Gasteiger partial charge in [-0.05, 0) is 42.7 Å². The molecule has 0 bridgehead atoms. The summed E-state index contributed by atoms with van der Waals surface area (Å²) in [6.45, 7) is 2.95. The van der Waals surface area contributed by atoms with Gasteiger partial charge in [-0.3, -0.25) is 14.4 Å². The van der Waals surface area contributed by atoms with E-state index in [-0.39, 0.29) is 19.0 Å². The largest absolute Gasteiger partial charge is 0.335 e. The van der Waals surface area contributed by atoms with Gasteiger partial charge in [0.25, 0.3) is 5.91 Å². The van der Waals surface area contributed by atoms with E-state index < -0.39 is 17.6 Å². The molecular formula is C17H17FN4O3S. The minimum atomic E-state index is -0.712. The van der Waals surface area contributed by atoms with E-state index in [0.717, 1.165) is 17.1 Å². The average Bonchev–Trinajstić information content (AvgIpc) is 3.06. The molecule has 7 nitrogen and oxygen atoms in total. The quantitative estimate of drug-likeness (QED) is 0.806. The maximum atomic E-state index is 13.0. The van der Waals surface area contributed by atoms with Gasteiger partial charge < -0.3 is 15.1 Å². The summed E-state index contributed by atoms with van der Waals surface area (Å²) in [5.41, 5.74) is 1.19. The topological polar surface area (TPSA) is 82.6 Å². The highest BCUT2D eigenvalue weighted by Crippen LogP contribution is 2.19. The minimum absolute atomic E-state index is 0.221. The Morgan fingerprint density at radius 3 is 2.27 bits per heavy atom. The van der Waals surface area contributed by atoms with Crippen molar-refractivity contribution >= 4 is 34.3 Å². The lowest BCUT2D eigenvalue weighted by molar-refractivity contribution is -0.144. The van der Waals surface area contributed by atoms with Crippen molar-refractivity contribution in [1.82, 2.24) is 14.2 Å². The Hall–Kier alpha value is -2.81. The number of anilines is 1. The van der Waals surface area contributed by atoms with Gasteiger partial charge in [-0.25, -0.2) is 4.39 Å². The Morgan fingerprint density at radius 2 is 1.69 bits per heavy atom. The van der Waals surface area contributed by atoms with E-state index >= 15 is 0 Å². The highest BCUT2D eigenvalue weighted by molar-refractivity contribution is 7.10. The van der Waals surface area contributed by atoms with Gasteiger partial charge >= 0.3 is 11.8 Å². The van der Waals surface area contributed by atoms with Crippen molar-refractivity contribution in [2.75, 3.05) is 31.5 Å². The molecular weight excluding hydrogens is 359 g/mol. The second kappa shape index (κ2) is 7.61. The highest BCUT2D eigenvalue weighted by atomic mass is 32.1. The van der Waals surface area contributed by atoms with Crippen LogP contribution in [0.4, 0.5) is 9.39 Å². The molecule has 1 aliphatic heterocycles. The first kappa shape index (κ1) is 18.0. The van der Waals surface area contributed by atoms with Crippen LogP contribution in [0.25, 0.3) is 0 Å². The van der Waals surface area contributed by atoms with Crippen LogP contribution in [-0.2, 0) is 9.59 Å². The smallest absolute Gasteiger partial charge is 0.314 e. The normalized spacial score (nSPS) is 14.2. The molecule has 2 heterocycles. The maximum absolute atomic E-state index is 13.0. The number of nitrogens with zero attached hydrogens (tertiary/aromatic N) is 3. The molecule has 0 atom stereocenters. The summed E-state index contributed by atoms with van der Waals surface area (Å²) in [6.07, 6.45) is 1.62. The number of aromatic nitrogens is 1. The van der Waals surface area contributed by atoms with E-state index in [9.17, 15) is 18.8 Å². The van der Waals surface area contributed by atoms with Crippen molar-refractivity contribution in [2.45, 2.75) is 6.92 Å². The fourth-order valence-electron chi connectivity index (χ4n) is 2.60. The third-order valence-corrected chi connectivity index (χ3v) is 4.93. The Bertz CT molecular complexity index is 829. The summed E-state index contributed by atoms with van der Waals surface area (Å²) in [5, 5.41) is 3.11. The summed E-state index contributed by atoms with van der Waals surface area (Å²) < 4.78 is 16.9. The number of piperazine rings is 1. The predicted octanol–water partition coefficient (Wildman–Crippen LogP) is 1.51. The van der Waals surface area contributed by atoms with Crippen LogP contribution in [-0.4, -0.2) is 58.1 Å². The molecule has 1 saturated heterocycles. The van der Waals surface area contributed by atoms with Crippen molar-refractivity contribution in [1.29, 1.82) is 0 Å². The zero-order valence-corrected chi connectivity index (χ0v) is 14.9. The lowest BCUT2D eigenvalue weighted by Crippen LogP contribution is -2.53. The molecule has 1 aliphatic rings. The zero-order chi connectivity index (χ0) is 18.7. The van der Waals surface area contributed by atoms with Crippen molar-refractivity contribution in [3.8, 4) is 0 Å². The summed E-state index contributed by atoms with van der Waals surface area (Å²) >= 11 is 1.11. The maximum Gasteiger partial charge on any atom is 0.314 e. The van der Waals surface area contributed by atoms with E-state index in [2.05, 4.69) is 9.69 Å². The summed E-state index contributed by atoms with van der Waals surface area (Å²) in [4.78, 5) is 39.8. The molecule has 0 saturated carbocycles. The van der Waals surface area contributed by atoms with E-state index in [1.54, 1.807) is 18.0 Å². The van der Waals surface area contributed by atoms with E-state index in [1.807, 2.05) is 0 Å². The van der Waals surface area contributed by atoms with Gasteiger partial charge in [-0.15, -0.1) is 0 Å². The molecule has 1 aromatic carbocycles. The van der Waals surface area contributed by atoms with E-state index in [0.29, 0.717) is 23.7 Å². The first-order valence-electron chi connectivity index (χ1n) is 8.02. The summed E-state index contributed by atoms with van der Waals surface area (Å²) in [7, 11) is 0. The number of aryl methyl sites for hydroxylation is 1. The van der Waals surface area contributed by atoms with Crippen molar-refractivity contribution in [3.05, 3.63) is 47.4 Å². The van der Waals surface area contributed by atoms with Crippen molar-refractivity contribution < 1.29 is 18.8 Å². The number of halogens is 1. The Kier molecular flexibility index (Phi) is 5.27. The molecule has 1 N–H and O–H groups in total. The fourth-order valence-corrected chi connectivity index (χ4v) is 3.25. The number of carbonyl (C=O) groups excluding carboxylic acids is 3. The van der Waals surface area contributed by atoms with Crippen LogP contribution >= 0.6 is 11.5 Å². The number of hydrogen-bond donors (Lipinski definition) is 1. The Labute approximate surface area is 153 Å². The first-order chi connectivity index (χ1) is 12.5. The Morgan fingerprint density at radius 1 is 1.08 bits per heavy atom. The average molecular weight is 376 g/mol. The molecule has 2 aromatic rings. The van der Waals surface area contributed by atoms with Gasteiger partial charge in [0.1, 0.15) is 10.8 Å². The van der Waals surface area contributed by atoms with Crippen LogP contribution in [0.5, 0.6) is 0 Å². The molecule has 1 fully saturated rings. The van der Waals surface area contributed by atoms with Gasteiger partial charge in [0, 0.05) is 43.5 Å². The van der Waals surface area contributed by atoms with Gasteiger partial charge in [-0.2, -0.15) is 4.37 Å². The van der Waals surface area contributed by atoms with Crippen LogP contribution in [0.3, 0.4) is 0 Å². The van der Waals surface area contributed by atoms with Gasteiger partial charge in [0.15, 0.2) is 0 Å². The molecule has 9 heteroatoms. The number of hydrogen-bond acceptors (Lipinski definition) is 5. The standard InChI is InChI=1S/C17H17FN4O3S/c1-11-10-19-26-15(11)20-14(23)17(25)22-8-6-21(7-9-22)16(24)12-2-4-13(18)5-3-12/h2-5,10H,6-9H2,1H3,(H,20,23). The van der Waals surface area contributed by atoms with Crippen molar-refractivity contribution in [3.63, 3.8) is 0 Å². The van der Waals surface area contributed by atoms with Crippen LogP contribution in [0, 0.1) is 12.7 Å². The summed E-state index contributed by atoms with van der Waals surface area (Å²) in [6, 6.07) is 5.33. The number of carbonyl (C=O) groups is 3. The second-order valence-corrected chi connectivity index (χ2v) is 6.68. The van der Waals surface area contributed by atoms with Gasteiger partial charge in [-0.1, -0.05) is 0 Å². The molecule has 0 unspecified atom stereocenters. The number of rotatable bonds is 2. The number of benzene rings is 1. The van der Waals surface area contributed by atoms with Crippen molar-refractivity contribution in [2.24, 2.45) is 0 Å². The van der Waals surface area contributed by atoms with E-state index in [4.69, 9.17) is 0 Å². The molecule has 26 heavy (non-hydrogen) atoms. The number of nitrogens with one attached hydrogen (secondary N) is 1. The van der Waals surface area contributed by atoms with Crippen LogP contribution in [0.1, 0.15) is 15.9 Å². The lowest BCUT2D eigenvalue weighted by atomic mass is 10.1. The molecule has 3 rings (SSSR count). The minimum Gasteiger partial charge on any atom is -0.335 e. The van der Waals surface area contributed by atoms with Crippen LogP contribution < -0.4 is 5.32 Å². The molecule has 0 aliphatic carbocycles. The summed E-state index contributed by atoms with van der Waals surface area (Å²) in [5.74, 6) is -1.97. The fraction of sp³-hybridized carbons (Fsp3) is 0.294. The second-order valence-electron chi connectivity index (χ2n) is 5.88. The number of amides is 3. The third kappa shape index (κ3) is 3.88. The first-order valence-corrected chi connectivity index (χ1v) is 8.79. The third-order valence-electron chi connectivity index (χ3n) is 4.12. The highest BCUT2D eigenvalue weighted by Gasteiger charge is 2.28. The monoisotopic (exact) mass is 376 g/mol. The molecule has 3 amide bonds. The molecule has 0 spiro atoms. The van der Waals surface area contributed by atoms with E-state index in [1.165, 1.54) is 29.2 Å². The lowest BCUT2D eigenvalue weighted by Gasteiger charge is -2.34. The van der Waals surface area contributed by atoms with Gasteiger partial charge in [0.2, 0.25) is 0 Å².